The first-order chi connectivity index (χ1) is 7.91. The van der Waals surface area contributed by atoms with Gasteiger partial charge in [0.15, 0.2) is 0 Å². The number of amides is 1. The molecule has 1 aromatic carbocycles. The average molecular weight is 292 g/mol. The van der Waals surface area contributed by atoms with E-state index in [0.717, 1.165) is 5.56 Å². The molecule has 0 aliphatic rings. The first kappa shape index (κ1) is 14.7. The molecule has 0 heterocycles. The second-order valence-corrected chi connectivity index (χ2v) is 6.09. The Hall–Kier alpha value is -0.380. The van der Waals surface area contributed by atoms with Crippen molar-refractivity contribution in [1.82, 2.24) is 0 Å². The van der Waals surface area contributed by atoms with Crippen molar-refractivity contribution in [3.05, 3.63) is 33.8 Å². The molecule has 1 atom stereocenters. The molecular weight excluding hydrogens is 277 g/mol. The second-order valence-electron chi connectivity index (χ2n) is 4.11. The van der Waals surface area contributed by atoms with Crippen molar-refractivity contribution in [2.45, 2.75) is 24.9 Å². The van der Waals surface area contributed by atoms with E-state index in [0.29, 0.717) is 15.8 Å². The molecule has 0 saturated heterocycles. The van der Waals surface area contributed by atoms with Crippen LogP contribution in [0, 0.1) is 5.92 Å². The van der Waals surface area contributed by atoms with Gasteiger partial charge in [-0.15, -0.1) is 11.8 Å². The van der Waals surface area contributed by atoms with Crippen molar-refractivity contribution in [2.75, 3.05) is 0 Å². The molecule has 0 bridgehead atoms. The van der Waals surface area contributed by atoms with Crippen molar-refractivity contribution in [3.8, 4) is 0 Å². The van der Waals surface area contributed by atoms with E-state index >= 15 is 0 Å². The summed E-state index contributed by atoms with van der Waals surface area (Å²) in [7, 11) is 0. The third kappa shape index (κ3) is 4.41. The molecule has 1 aromatic rings. The van der Waals surface area contributed by atoms with Gasteiger partial charge in [-0.2, -0.15) is 0 Å². The Kier molecular flexibility index (Phi) is 5.63. The standard InChI is InChI=1S/C12H15Cl2NOS/c1-7(2)11(12(15)16)17-6-8-3-4-9(13)5-10(8)14/h3-5,7,11H,6H2,1-2H3,(H2,15,16). The van der Waals surface area contributed by atoms with Gasteiger partial charge in [0.25, 0.3) is 0 Å². The molecule has 0 spiro atoms. The molecule has 2 N–H and O–H groups in total. The van der Waals surface area contributed by atoms with Crippen LogP contribution in [-0.2, 0) is 10.5 Å². The summed E-state index contributed by atoms with van der Waals surface area (Å²) in [4.78, 5) is 11.2. The van der Waals surface area contributed by atoms with Gasteiger partial charge in [0.1, 0.15) is 0 Å². The van der Waals surface area contributed by atoms with Gasteiger partial charge < -0.3 is 5.73 Å². The van der Waals surface area contributed by atoms with E-state index in [4.69, 9.17) is 28.9 Å². The predicted molar refractivity (Wildman–Crippen MR) is 75.6 cm³/mol. The molecule has 1 unspecified atom stereocenters. The van der Waals surface area contributed by atoms with Crippen LogP contribution in [0.4, 0.5) is 0 Å². The molecule has 1 rings (SSSR count). The molecule has 0 aromatic heterocycles. The normalized spacial score (nSPS) is 12.8. The minimum absolute atomic E-state index is 0.193. The highest BCUT2D eigenvalue weighted by Gasteiger charge is 2.20. The lowest BCUT2D eigenvalue weighted by Gasteiger charge is -2.17. The van der Waals surface area contributed by atoms with Gasteiger partial charge in [-0.25, -0.2) is 0 Å². The van der Waals surface area contributed by atoms with E-state index in [1.165, 1.54) is 11.8 Å². The zero-order chi connectivity index (χ0) is 13.0. The number of primary amides is 1. The summed E-state index contributed by atoms with van der Waals surface area (Å²) in [5.74, 6) is 0.584. The second kappa shape index (κ2) is 6.53. The van der Waals surface area contributed by atoms with Crippen LogP contribution in [0.15, 0.2) is 18.2 Å². The number of benzene rings is 1. The summed E-state index contributed by atoms with van der Waals surface area (Å²) in [6, 6.07) is 5.36. The fraction of sp³-hybridized carbons (Fsp3) is 0.417. The highest BCUT2D eigenvalue weighted by atomic mass is 35.5. The Bertz CT molecular complexity index is 409. The summed E-state index contributed by atoms with van der Waals surface area (Å²) in [5, 5.41) is 1.04. The summed E-state index contributed by atoms with van der Waals surface area (Å²) in [5.41, 5.74) is 6.32. The Morgan fingerprint density at radius 3 is 2.53 bits per heavy atom. The highest BCUT2D eigenvalue weighted by molar-refractivity contribution is 7.99. The van der Waals surface area contributed by atoms with Crippen molar-refractivity contribution in [1.29, 1.82) is 0 Å². The molecule has 17 heavy (non-hydrogen) atoms. The van der Waals surface area contributed by atoms with Crippen LogP contribution < -0.4 is 5.73 Å². The predicted octanol–water partition coefficient (Wildman–Crippen LogP) is 3.74. The summed E-state index contributed by atoms with van der Waals surface area (Å²) < 4.78 is 0. The first-order valence-corrected chi connectivity index (χ1v) is 7.07. The highest BCUT2D eigenvalue weighted by Crippen LogP contribution is 2.28. The maximum Gasteiger partial charge on any atom is 0.230 e. The fourth-order valence-corrected chi connectivity index (χ4v) is 3.14. The zero-order valence-electron chi connectivity index (χ0n) is 9.74. The lowest BCUT2D eigenvalue weighted by molar-refractivity contribution is -0.118. The molecule has 94 valence electrons. The van der Waals surface area contributed by atoms with E-state index in [-0.39, 0.29) is 17.1 Å². The number of halogens is 2. The zero-order valence-corrected chi connectivity index (χ0v) is 12.1. The van der Waals surface area contributed by atoms with Crippen LogP contribution >= 0.6 is 35.0 Å². The molecule has 0 fully saturated rings. The van der Waals surface area contributed by atoms with Crippen molar-refractivity contribution in [2.24, 2.45) is 11.7 Å². The summed E-state index contributed by atoms with van der Waals surface area (Å²) >= 11 is 13.4. The van der Waals surface area contributed by atoms with E-state index in [1.54, 1.807) is 12.1 Å². The van der Waals surface area contributed by atoms with E-state index in [1.807, 2.05) is 19.9 Å². The van der Waals surface area contributed by atoms with E-state index in [2.05, 4.69) is 0 Å². The molecule has 5 heteroatoms. The van der Waals surface area contributed by atoms with Crippen LogP contribution in [0.5, 0.6) is 0 Å². The number of nitrogens with two attached hydrogens (primary N) is 1. The largest absolute Gasteiger partial charge is 0.369 e. The Balaban J connectivity index is 2.69. The smallest absolute Gasteiger partial charge is 0.230 e. The van der Waals surface area contributed by atoms with Crippen molar-refractivity contribution in [3.63, 3.8) is 0 Å². The number of carbonyl (C=O) groups excluding carboxylic acids is 1. The van der Waals surface area contributed by atoms with Crippen LogP contribution in [0.2, 0.25) is 10.0 Å². The van der Waals surface area contributed by atoms with Crippen LogP contribution in [0.3, 0.4) is 0 Å². The lowest BCUT2D eigenvalue weighted by atomic mass is 10.1. The van der Waals surface area contributed by atoms with E-state index in [9.17, 15) is 4.79 Å². The van der Waals surface area contributed by atoms with Gasteiger partial charge >= 0.3 is 0 Å². The maximum absolute atomic E-state index is 11.2. The van der Waals surface area contributed by atoms with Gasteiger partial charge in [-0.3, -0.25) is 4.79 Å². The molecule has 1 amide bonds. The minimum Gasteiger partial charge on any atom is -0.369 e. The topological polar surface area (TPSA) is 43.1 Å². The lowest BCUT2D eigenvalue weighted by Crippen LogP contribution is -2.30. The average Bonchev–Trinajstić information content (AvgIpc) is 2.20. The quantitative estimate of drug-likeness (QED) is 0.898. The van der Waals surface area contributed by atoms with Gasteiger partial charge in [0.2, 0.25) is 5.91 Å². The molecule has 0 saturated carbocycles. The van der Waals surface area contributed by atoms with Gasteiger partial charge in [0, 0.05) is 15.8 Å². The Morgan fingerprint density at radius 2 is 2.06 bits per heavy atom. The van der Waals surface area contributed by atoms with Crippen LogP contribution in [0.1, 0.15) is 19.4 Å². The number of carbonyl (C=O) groups is 1. The molecular formula is C12H15Cl2NOS. The summed E-state index contributed by atoms with van der Waals surface area (Å²) in [6.07, 6.45) is 0. The third-order valence-electron chi connectivity index (χ3n) is 2.32. The van der Waals surface area contributed by atoms with Crippen LogP contribution in [0.25, 0.3) is 0 Å². The fourth-order valence-electron chi connectivity index (χ4n) is 1.42. The van der Waals surface area contributed by atoms with Gasteiger partial charge in [0.05, 0.1) is 5.25 Å². The molecule has 2 nitrogen and oxygen atoms in total. The number of hydrogen-bond acceptors (Lipinski definition) is 2. The monoisotopic (exact) mass is 291 g/mol. The van der Waals surface area contributed by atoms with Crippen LogP contribution in [-0.4, -0.2) is 11.2 Å². The molecule has 0 aliphatic carbocycles. The number of rotatable bonds is 5. The minimum atomic E-state index is -0.282. The van der Waals surface area contributed by atoms with E-state index < -0.39 is 0 Å². The SMILES string of the molecule is CC(C)C(SCc1ccc(Cl)cc1Cl)C(N)=O. The Morgan fingerprint density at radius 1 is 1.41 bits per heavy atom. The third-order valence-corrected chi connectivity index (χ3v) is 4.52. The number of thioether (sulfide) groups is 1. The first-order valence-electron chi connectivity index (χ1n) is 5.26. The summed E-state index contributed by atoms with van der Waals surface area (Å²) in [6.45, 7) is 3.96. The Labute approximate surface area is 116 Å². The maximum atomic E-state index is 11.2. The van der Waals surface area contributed by atoms with Crippen molar-refractivity contribution < 1.29 is 4.79 Å². The molecule has 0 radical (unpaired) electrons. The number of hydrogen-bond donors (Lipinski definition) is 1. The van der Waals surface area contributed by atoms with Gasteiger partial charge in [-0.1, -0.05) is 43.1 Å². The molecule has 0 aliphatic heterocycles. The van der Waals surface area contributed by atoms with Crippen molar-refractivity contribution >= 4 is 40.9 Å². The van der Waals surface area contributed by atoms with Gasteiger partial charge in [-0.05, 0) is 23.6 Å².